The summed E-state index contributed by atoms with van der Waals surface area (Å²) in [6.07, 6.45) is 3.06. The first-order valence-electron chi connectivity index (χ1n) is 10.7. The van der Waals surface area contributed by atoms with Crippen LogP contribution in [0.4, 0.5) is 0 Å². The Labute approximate surface area is 199 Å². The van der Waals surface area contributed by atoms with Gasteiger partial charge in [0.25, 0.3) is 0 Å². The van der Waals surface area contributed by atoms with E-state index < -0.39 is 18.1 Å². The predicted molar refractivity (Wildman–Crippen MR) is 128 cm³/mol. The maximum absolute atomic E-state index is 13.3. The molecule has 11 heteroatoms. The van der Waals surface area contributed by atoms with E-state index in [1.54, 1.807) is 0 Å². The number of hydrogen-bond donors (Lipinski definition) is 4. The molecule has 10 nitrogen and oxygen atoms in total. The zero-order chi connectivity index (χ0) is 23.5. The third-order valence-electron chi connectivity index (χ3n) is 5.26. The van der Waals surface area contributed by atoms with Crippen LogP contribution in [0.15, 0.2) is 35.3 Å². The molecule has 1 aliphatic rings. The number of nitrogens with two attached hydrogens (primary N) is 2. The van der Waals surface area contributed by atoms with Gasteiger partial charge in [0.1, 0.15) is 18.4 Å². The topological polar surface area (TPSA) is 160 Å². The second kappa shape index (κ2) is 14.1. The number of nitrogens with one attached hydrogen (secondary N) is 2. The first-order valence-corrected chi connectivity index (χ1v) is 10.7. The van der Waals surface area contributed by atoms with Crippen LogP contribution in [0.5, 0.6) is 0 Å². The third-order valence-corrected chi connectivity index (χ3v) is 5.26. The van der Waals surface area contributed by atoms with E-state index >= 15 is 0 Å². The lowest BCUT2D eigenvalue weighted by atomic mass is 10.0. The van der Waals surface area contributed by atoms with Gasteiger partial charge < -0.3 is 31.8 Å². The zero-order valence-corrected chi connectivity index (χ0v) is 19.6. The number of halogens is 1. The smallest absolute Gasteiger partial charge is 0.246 e. The fourth-order valence-electron chi connectivity index (χ4n) is 3.77. The van der Waals surface area contributed by atoms with Gasteiger partial charge in [-0.05, 0) is 31.2 Å². The summed E-state index contributed by atoms with van der Waals surface area (Å²) in [6, 6.07) is 7.22. The normalized spacial score (nSPS) is 16.6. The fourth-order valence-corrected chi connectivity index (χ4v) is 3.77. The van der Waals surface area contributed by atoms with Crippen molar-refractivity contribution in [2.75, 3.05) is 13.1 Å². The molecule has 0 bridgehead atoms. The van der Waals surface area contributed by atoms with Gasteiger partial charge in [0, 0.05) is 26.4 Å². The summed E-state index contributed by atoms with van der Waals surface area (Å²) < 4.78 is 0. The fraction of sp³-hybridized carbons (Fsp3) is 0.500. The van der Waals surface area contributed by atoms with Crippen LogP contribution in [0.3, 0.4) is 0 Å². The molecule has 1 saturated heterocycles. The van der Waals surface area contributed by atoms with Gasteiger partial charge in [-0.3, -0.25) is 19.4 Å². The molecule has 182 valence electrons. The Morgan fingerprint density at radius 2 is 1.91 bits per heavy atom. The highest BCUT2D eigenvalue weighted by Gasteiger charge is 2.38. The summed E-state index contributed by atoms with van der Waals surface area (Å²) >= 11 is 0. The third kappa shape index (κ3) is 9.09. The number of hydrogen-bond acceptors (Lipinski definition) is 5. The molecule has 0 unspecified atom stereocenters. The monoisotopic (exact) mass is 480 g/mol. The summed E-state index contributed by atoms with van der Waals surface area (Å²) in [6.45, 7) is 2.13. The van der Waals surface area contributed by atoms with E-state index in [0.29, 0.717) is 51.5 Å². The minimum atomic E-state index is -0.773. The van der Waals surface area contributed by atoms with Crippen molar-refractivity contribution in [2.24, 2.45) is 16.5 Å². The van der Waals surface area contributed by atoms with Crippen LogP contribution in [0.1, 0.15) is 38.2 Å². The molecule has 2 rings (SSSR count). The molecule has 1 aromatic carbocycles. The van der Waals surface area contributed by atoms with Crippen LogP contribution in [-0.4, -0.2) is 66.1 Å². The summed E-state index contributed by atoms with van der Waals surface area (Å²) in [5.74, 6) is -1.03. The van der Waals surface area contributed by atoms with Crippen molar-refractivity contribution in [3.8, 4) is 0 Å². The highest BCUT2D eigenvalue weighted by molar-refractivity contribution is 5.93. The average molecular weight is 481 g/mol. The number of amides is 3. The van der Waals surface area contributed by atoms with Crippen LogP contribution in [0.2, 0.25) is 0 Å². The Morgan fingerprint density at radius 1 is 1.21 bits per heavy atom. The van der Waals surface area contributed by atoms with Crippen molar-refractivity contribution >= 4 is 42.4 Å². The Kier molecular flexibility index (Phi) is 11.9. The quantitative estimate of drug-likeness (QED) is 0.149. The molecule has 1 fully saturated rings. The molecule has 3 atom stereocenters. The van der Waals surface area contributed by atoms with Crippen LogP contribution >= 0.6 is 12.4 Å². The van der Waals surface area contributed by atoms with E-state index in [-0.39, 0.29) is 36.1 Å². The number of aliphatic imine (C=N–C) groups is 1. The maximum atomic E-state index is 13.3. The Balaban J connectivity index is 0.00000544. The first-order chi connectivity index (χ1) is 15.3. The lowest BCUT2D eigenvalue weighted by Crippen LogP contribution is -2.55. The number of benzene rings is 1. The van der Waals surface area contributed by atoms with Crippen molar-refractivity contribution in [2.45, 2.75) is 57.2 Å². The van der Waals surface area contributed by atoms with Crippen molar-refractivity contribution in [1.82, 2.24) is 15.5 Å². The number of aldehydes is 1. The lowest BCUT2D eigenvalue weighted by Gasteiger charge is -2.29. The number of nitrogens with zero attached hydrogens (tertiary/aromatic N) is 2. The van der Waals surface area contributed by atoms with E-state index in [1.807, 2.05) is 30.3 Å². The Morgan fingerprint density at radius 3 is 2.52 bits per heavy atom. The molecular formula is C22H33ClN6O4. The van der Waals surface area contributed by atoms with Crippen LogP contribution < -0.4 is 22.1 Å². The van der Waals surface area contributed by atoms with Gasteiger partial charge in [-0.15, -0.1) is 12.4 Å². The summed E-state index contributed by atoms with van der Waals surface area (Å²) in [5, 5.41) is 5.42. The molecule has 33 heavy (non-hydrogen) atoms. The number of rotatable bonds is 11. The second-order valence-corrected chi connectivity index (χ2v) is 7.83. The lowest BCUT2D eigenvalue weighted by molar-refractivity contribution is -0.141. The first kappa shape index (κ1) is 27.9. The Hall–Kier alpha value is -3.14. The van der Waals surface area contributed by atoms with Gasteiger partial charge in [-0.2, -0.15) is 0 Å². The Bertz CT molecular complexity index is 831. The largest absolute Gasteiger partial charge is 0.370 e. The molecule has 1 aliphatic heterocycles. The maximum Gasteiger partial charge on any atom is 0.246 e. The zero-order valence-electron chi connectivity index (χ0n) is 18.7. The summed E-state index contributed by atoms with van der Waals surface area (Å²) in [7, 11) is 0. The molecule has 3 amide bonds. The summed E-state index contributed by atoms with van der Waals surface area (Å²) in [5.41, 5.74) is 11.5. The van der Waals surface area contributed by atoms with Crippen LogP contribution in [0.25, 0.3) is 0 Å². The molecule has 0 radical (unpaired) electrons. The molecule has 0 saturated carbocycles. The SMILES string of the molecule is CC(=O)N[C@H](Cc1ccccc1)C(=O)N1CCC[C@H]1C(=O)N[C@H](C=O)CCCN=C(N)N.Cl. The molecule has 6 N–H and O–H groups in total. The predicted octanol–water partition coefficient (Wildman–Crippen LogP) is -0.116. The highest BCUT2D eigenvalue weighted by Crippen LogP contribution is 2.20. The van der Waals surface area contributed by atoms with Crippen molar-refractivity contribution in [3.63, 3.8) is 0 Å². The van der Waals surface area contributed by atoms with E-state index in [2.05, 4.69) is 15.6 Å². The van der Waals surface area contributed by atoms with Crippen molar-refractivity contribution in [1.29, 1.82) is 0 Å². The van der Waals surface area contributed by atoms with Crippen molar-refractivity contribution < 1.29 is 19.2 Å². The molecule has 1 aromatic rings. The number of guanidine groups is 1. The number of carbonyl (C=O) groups is 4. The van der Waals surface area contributed by atoms with Crippen molar-refractivity contribution in [3.05, 3.63) is 35.9 Å². The standard InChI is InChI=1S/C22H32N6O4.ClH/c1-15(30)26-18(13-16-7-3-2-4-8-16)21(32)28-12-6-10-19(28)20(31)27-17(14-29)9-5-11-25-22(23)24;/h2-4,7-8,14,17-19H,5-6,9-13H2,1H3,(H,26,30)(H,27,31)(H4,23,24,25);1H/t17-,18+,19-;/m0./s1. The van der Waals surface area contributed by atoms with Gasteiger partial charge >= 0.3 is 0 Å². The van der Waals surface area contributed by atoms with Gasteiger partial charge in [-0.25, -0.2) is 0 Å². The minimum Gasteiger partial charge on any atom is -0.370 e. The second-order valence-electron chi connectivity index (χ2n) is 7.83. The summed E-state index contributed by atoms with van der Waals surface area (Å²) in [4.78, 5) is 54.6. The molecule has 0 aromatic heterocycles. The average Bonchev–Trinajstić information content (AvgIpc) is 3.25. The molecule has 0 aliphatic carbocycles. The van der Waals surface area contributed by atoms with Gasteiger partial charge in [0.15, 0.2) is 5.96 Å². The van der Waals surface area contributed by atoms with E-state index in [1.165, 1.54) is 11.8 Å². The molecular weight excluding hydrogens is 448 g/mol. The van der Waals surface area contributed by atoms with Crippen LogP contribution in [0, 0.1) is 0 Å². The van der Waals surface area contributed by atoms with Gasteiger partial charge in [0.05, 0.1) is 6.04 Å². The highest BCUT2D eigenvalue weighted by atomic mass is 35.5. The molecule has 1 heterocycles. The van der Waals surface area contributed by atoms with E-state index in [0.717, 1.165) is 5.56 Å². The van der Waals surface area contributed by atoms with Gasteiger partial charge in [-0.1, -0.05) is 30.3 Å². The van der Waals surface area contributed by atoms with E-state index in [9.17, 15) is 19.2 Å². The van der Waals surface area contributed by atoms with E-state index in [4.69, 9.17) is 11.5 Å². The van der Waals surface area contributed by atoms with Gasteiger partial charge in [0.2, 0.25) is 17.7 Å². The number of carbonyl (C=O) groups excluding carboxylic acids is 4. The minimum absolute atomic E-state index is 0. The molecule has 0 spiro atoms. The van der Waals surface area contributed by atoms with Crippen LogP contribution in [-0.2, 0) is 25.6 Å². The number of likely N-dealkylation sites (tertiary alicyclic amines) is 1.